The first-order valence-electron chi connectivity index (χ1n) is 12.0. The van der Waals surface area contributed by atoms with E-state index in [1.807, 2.05) is 59.5 Å². The lowest BCUT2D eigenvalue weighted by molar-refractivity contribution is -0.127. The Morgan fingerprint density at radius 2 is 1.73 bits per heavy atom. The zero-order valence-corrected chi connectivity index (χ0v) is 20.8. The third-order valence-electron chi connectivity index (χ3n) is 6.43. The number of methoxy groups -OCH3 is 2. The van der Waals surface area contributed by atoms with E-state index < -0.39 is 0 Å². The van der Waals surface area contributed by atoms with Gasteiger partial charge in [0.25, 0.3) is 0 Å². The second kappa shape index (κ2) is 10.5. The molecule has 0 aliphatic carbocycles. The minimum absolute atomic E-state index is 0.0566. The topological polar surface area (TPSA) is 74.8 Å². The van der Waals surface area contributed by atoms with Crippen molar-refractivity contribution in [3.63, 3.8) is 0 Å². The van der Waals surface area contributed by atoms with E-state index in [2.05, 4.69) is 17.1 Å². The molecule has 186 valence electrons. The van der Waals surface area contributed by atoms with E-state index >= 15 is 0 Å². The number of carbonyl (C=O) groups is 1. The number of aromatic nitrogens is 1. The van der Waals surface area contributed by atoms with E-state index in [1.165, 1.54) is 7.11 Å². The van der Waals surface area contributed by atoms with E-state index in [1.54, 1.807) is 37.5 Å². The van der Waals surface area contributed by atoms with Crippen molar-refractivity contribution in [3.05, 3.63) is 108 Å². The quantitative estimate of drug-likeness (QED) is 0.250. The van der Waals surface area contributed by atoms with Crippen LogP contribution in [-0.4, -0.2) is 35.1 Å². The van der Waals surface area contributed by atoms with Crippen LogP contribution in [0.25, 0.3) is 27.9 Å². The smallest absolute Gasteiger partial charge is 0.247 e. The number of benzene rings is 4. The molecule has 6 heteroatoms. The van der Waals surface area contributed by atoms with Crippen molar-refractivity contribution < 1.29 is 19.4 Å². The maximum absolute atomic E-state index is 13.5. The molecule has 0 aliphatic heterocycles. The fourth-order valence-corrected chi connectivity index (χ4v) is 4.56. The van der Waals surface area contributed by atoms with Gasteiger partial charge in [0.2, 0.25) is 5.91 Å². The Labute approximate surface area is 215 Å². The molecular weight excluding hydrogens is 464 g/mol. The maximum Gasteiger partial charge on any atom is 0.247 e. The lowest BCUT2D eigenvalue weighted by Crippen LogP contribution is -2.28. The molecule has 0 bridgehead atoms. The number of phenols is 1. The summed E-state index contributed by atoms with van der Waals surface area (Å²) in [6.07, 6.45) is 3.30. The molecule has 0 saturated heterocycles. The largest absolute Gasteiger partial charge is 0.504 e. The van der Waals surface area contributed by atoms with Crippen LogP contribution >= 0.6 is 0 Å². The van der Waals surface area contributed by atoms with Gasteiger partial charge in [-0.05, 0) is 53.1 Å². The van der Waals surface area contributed by atoms with Gasteiger partial charge >= 0.3 is 0 Å². The molecule has 1 aromatic heterocycles. The molecule has 0 aliphatic rings. The zero-order valence-electron chi connectivity index (χ0n) is 20.8. The Bertz CT molecular complexity index is 1590. The van der Waals surface area contributed by atoms with Gasteiger partial charge < -0.3 is 24.5 Å². The summed E-state index contributed by atoms with van der Waals surface area (Å²) in [5, 5.41) is 12.1. The minimum atomic E-state index is -0.116. The van der Waals surface area contributed by atoms with Crippen LogP contribution in [0.5, 0.6) is 17.2 Å². The summed E-state index contributed by atoms with van der Waals surface area (Å²) in [5.74, 6) is 1.09. The van der Waals surface area contributed by atoms with Crippen molar-refractivity contribution in [2.45, 2.75) is 13.1 Å². The average Bonchev–Trinajstić information content (AvgIpc) is 3.31. The van der Waals surface area contributed by atoms with Crippen LogP contribution < -0.4 is 9.47 Å². The minimum Gasteiger partial charge on any atom is -0.504 e. The molecule has 0 fully saturated rings. The Hall–Kier alpha value is -4.71. The molecule has 0 unspecified atom stereocenters. The van der Waals surface area contributed by atoms with Crippen molar-refractivity contribution >= 4 is 33.8 Å². The average molecular weight is 493 g/mol. The van der Waals surface area contributed by atoms with Crippen LogP contribution in [0.15, 0.2) is 91.0 Å². The monoisotopic (exact) mass is 492 g/mol. The third-order valence-corrected chi connectivity index (χ3v) is 6.43. The first kappa shape index (κ1) is 24.0. The highest BCUT2D eigenvalue weighted by atomic mass is 16.5. The maximum atomic E-state index is 13.5. The SMILES string of the molecule is COc1ccc2c(c1)[nH]c1cccc(CN(Cc3ccccc3)C(=O)/C=C/c3ccc(O)c(OC)c3)c12. The molecular formula is C31H28N2O4. The summed E-state index contributed by atoms with van der Waals surface area (Å²) < 4.78 is 10.6. The second-order valence-corrected chi connectivity index (χ2v) is 8.82. The van der Waals surface area contributed by atoms with E-state index in [0.717, 1.165) is 44.2 Å². The van der Waals surface area contributed by atoms with E-state index in [-0.39, 0.29) is 11.7 Å². The number of ether oxygens (including phenoxy) is 2. The number of aromatic amines is 1. The molecule has 6 nitrogen and oxygen atoms in total. The number of hydrogen-bond acceptors (Lipinski definition) is 4. The van der Waals surface area contributed by atoms with Gasteiger partial charge in [0.05, 0.1) is 19.7 Å². The number of hydrogen-bond donors (Lipinski definition) is 2. The van der Waals surface area contributed by atoms with E-state index in [9.17, 15) is 9.90 Å². The van der Waals surface area contributed by atoms with Gasteiger partial charge in [-0.25, -0.2) is 0 Å². The van der Waals surface area contributed by atoms with Gasteiger partial charge in [0.15, 0.2) is 11.5 Å². The highest BCUT2D eigenvalue weighted by molar-refractivity contribution is 6.09. The number of carbonyl (C=O) groups excluding carboxylic acids is 1. The zero-order chi connectivity index (χ0) is 25.8. The predicted octanol–water partition coefficient (Wildman–Crippen LogP) is 6.29. The van der Waals surface area contributed by atoms with Crippen LogP contribution in [0.4, 0.5) is 0 Å². The standard InChI is InChI=1S/C31H28N2O4/c1-36-24-13-14-25-27(18-24)32-26-10-6-9-23(31(25)26)20-33(19-22-7-4-3-5-8-22)30(35)16-12-21-11-15-28(34)29(17-21)37-2/h3-18,32,34H,19-20H2,1-2H3/b16-12+. The number of nitrogens with zero attached hydrogens (tertiary/aromatic N) is 1. The Morgan fingerprint density at radius 1 is 0.892 bits per heavy atom. The first-order valence-corrected chi connectivity index (χ1v) is 12.0. The molecule has 0 spiro atoms. The van der Waals surface area contributed by atoms with Crippen molar-refractivity contribution in [2.75, 3.05) is 14.2 Å². The lowest BCUT2D eigenvalue weighted by atomic mass is 10.0. The first-order chi connectivity index (χ1) is 18.1. The Balaban J connectivity index is 1.50. The number of fused-ring (bicyclic) bond motifs is 3. The number of nitrogens with one attached hydrogen (secondary N) is 1. The fraction of sp³-hybridized carbons (Fsp3) is 0.129. The second-order valence-electron chi connectivity index (χ2n) is 8.82. The molecule has 0 atom stereocenters. The molecule has 2 N–H and O–H groups in total. The van der Waals surface area contributed by atoms with Gasteiger partial charge in [-0.1, -0.05) is 48.5 Å². The number of H-pyrrole nitrogens is 1. The summed E-state index contributed by atoms with van der Waals surface area (Å²) >= 11 is 0. The molecule has 5 aromatic rings. The summed E-state index contributed by atoms with van der Waals surface area (Å²) in [5.41, 5.74) is 4.86. The van der Waals surface area contributed by atoms with Gasteiger partial charge in [-0.3, -0.25) is 4.79 Å². The molecule has 0 saturated carbocycles. The highest BCUT2D eigenvalue weighted by Crippen LogP contribution is 2.32. The van der Waals surface area contributed by atoms with Crippen molar-refractivity contribution in [3.8, 4) is 17.2 Å². The van der Waals surface area contributed by atoms with Crippen LogP contribution in [0.3, 0.4) is 0 Å². The Morgan fingerprint density at radius 3 is 2.51 bits per heavy atom. The van der Waals surface area contributed by atoms with Crippen LogP contribution in [0.1, 0.15) is 16.7 Å². The Kier molecular flexibility index (Phi) is 6.81. The lowest BCUT2D eigenvalue weighted by Gasteiger charge is -2.22. The van der Waals surface area contributed by atoms with Gasteiger partial charge in [0.1, 0.15) is 5.75 Å². The molecule has 1 heterocycles. The normalized spacial score (nSPS) is 11.3. The summed E-state index contributed by atoms with van der Waals surface area (Å²) in [7, 11) is 3.15. The summed E-state index contributed by atoms with van der Waals surface area (Å²) in [6, 6.07) is 27.1. The van der Waals surface area contributed by atoms with Crippen molar-refractivity contribution in [1.29, 1.82) is 0 Å². The number of aromatic hydroxyl groups is 1. The molecule has 1 amide bonds. The summed E-state index contributed by atoms with van der Waals surface area (Å²) in [4.78, 5) is 18.8. The molecule has 37 heavy (non-hydrogen) atoms. The number of amides is 1. The van der Waals surface area contributed by atoms with E-state index in [4.69, 9.17) is 9.47 Å². The number of rotatable bonds is 8. The molecule has 5 rings (SSSR count). The molecule has 4 aromatic carbocycles. The van der Waals surface area contributed by atoms with Crippen LogP contribution in [-0.2, 0) is 17.9 Å². The third kappa shape index (κ3) is 5.14. The number of phenolic OH excluding ortho intramolecular Hbond substituents is 1. The predicted molar refractivity (Wildman–Crippen MR) is 147 cm³/mol. The highest BCUT2D eigenvalue weighted by Gasteiger charge is 2.16. The van der Waals surface area contributed by atoms with Crippen LogP contribution in [0.2, 0.25) is 0 Å². The van der Waals surface area contributed by atoms with Gasteiger partial charge in [-0.2, -0.15) is 0 Å². The van der Waals surface area contributed by atoms with Crippen molar-refractivity contribution in [1.82, 2.24) is 9.88 Å². The van der Waals surface area contributed by atoms with Gasteiger partial charge in [0, 0.05) is 41.5 Å². The molecule has 0 radical (unpaired) electrons. The van der Waals surface area contributed by atoms with Crippen LogP contribution in [0, 0.1) is 0 Å². The van der Waals surface area contributed by atoms with Gasteiger partial charge in [-0.15, -0.1) is 0 Å². The van der Waals surface area contributed by atoms with E-state index in [0.29, 0.717) is 18.8 Å². The summed E-state index contributed by atoms with van der Waals surface area (Å²) in [6.45, 7) is 0.906. The fourth-order valence-electron chi connectivity index (χ4n) is 4.56. The van der Waals surface area contributed by atoms with Crippen molar-refractivity contribution in [2.24, 2.45) is 0 Å².